The van der Waals surface area contributed by atoms with Crippen LogP contribution >= 0.6 is 0 Å². The molecule has 1 unspecified atom stereocenters. The number of hydrogen-bond donors (Lipinski definition) is 2. The fourth-order valence-corrected chi connectivity index (χ4v) is 1.74. The van der Waals surface area contributed by atoms with E-state index >= 15 is 0 Å². The van der Waals surface area contributed by atoms with Crippen molar-refractivity contribution in [3.05, 3.63) is 35.4 Å². The first-order chi connectivity index (χ1) is 8.60. The van der Waals surface area contributed by atoms with Gasteiger partial charge in [0, 0.05) is 12.6 Å². The molecular formula is C14H18N2O2. The standard InChI is InChI=1S/C14H18N2O2/c1-10(2)13(7-8-17)16-14(18)12-6-4-3-5-11(12)9-15/h3-6,10,13,17H,7-8H2,1-2H3,(H,16,18). The van der Waals surface area contributed by atoms with E-state index in [1.807, 2.05) is 19.9 Å². The molecule has 18 heavy (non-hydrogen) atoms. The normalized spacial score (nSPS) is 11.9. The number of nitriles is 1. The zero-order valence-corrected chi connectivity index (χ0v) is 10.7. The number of carbonyl (C=O) groups is 1. The van der Waals surface area contributed by atoms with Crippen LogP contribution in [0.25, 0.3) is 0 Å². The average Bonchev–Trinajstić information content (AvgIpc) is 2.37. The van der Waals surface area contributed by atoms with Gasteiger partial charge >= 0.3 is 0 Å². The smallest absolute Gasteiger partial charge is 0.252 e. The zero-order chi connectivity index (χ0) is 13.5. The van der Waals surface area contributed by atoms with E-state index in [4.69, 9.17) is 10.4 Å². The fraction of sp³-hybridized carbons (Fsp3) is 0.429. The summed E-state index contributed by atoms with van der Waals surface area (Å²) in [5.41, 5.74) is 0.741. The summed E-state index contributed by atoms with van der Waals surface area (Å²) in [5.74, 6) is -0.0327. The van der Waals surface area contributed by atoms with Crippen LogP contribution in [0.15, 0.2) is 24.3 Å². The summed E-state index contributed by atoms with van der Waals surface area (Å²) in [6.07, 6.45) is 0.512. The van der Waals surface area contributed by atoms with E-state index in [0.717, 1.165) is 0 Å². The first kappa shape index (κ1) is 14.2. The van der Waals surface area contributed by atoms with Crippen molar-refractivity contribution in [3.63, 3.8) is 0 Å². The van der Waals surface area contributed by atoms with E-state index in [1.54, 1.807) is 24.3 Å². The highest BCUT2D eigenvalue weighted by molar-refractivity contribution is 5.96. The second kappa shape index (κ2) is 6.77. The number of hydrogen-bond acceptors (Lipinski definition) is 3. The number of nitrogens with one attached hydrogen (secondary N) is 1. The van der Waals surface area contributed by atoms with Crippen molar-refractivity contribution in [3.8, 4) is 6.07 Å². The summed E-state index contributed by atoms with van der Waals surface area (Å²) < 4.78 is 0. The van der Waals surface area contributed by atoms with Gasteiger partial charge in [0.15, 0.2) is 0 Å². The Morgan fingerprint density at radius 2 is 2.11 bits per heavy atom. The van der Waals surface area contributed by atoms with Crippen molar-refractivity contribution in [1.29, 1.82) is 5.26 Å². The molecule has 0 heterocycles. The monoisotopic (exact) mass is 246 g/mol. The molecule has 0 fully saturated rings. The van der Waals surface area contributed by atoms with Gasteiger partial charge in [-0.2, -0.15) is 5.26 Å². The number of aliphatic hydroxyl groups excluding tert-OH is 1. The molecule has 0 aromatic heterocycles. The lowest BCUT2D eigenvalue weighted by atomic mass is 10.00. The summed E-state index contributed by atoms with van der Waals surface area (Å²) in [5, 5.41) is 20.8. The summed E-state index contributed by atoms with van der Waals surface area (Å²) in [6.45, 7) is 4.00. The molecule has 0 aliphatic rings. The maximum Gasteiger partial charge on any atom is 0.252 e. The van der Waals surface area contributed by atoms with Crippen LogP contribution in [0.5, 0.6) is 0 Å². The number of carbonyl (C=O) groups excluding carboxylic acids is 1. The topological polar surface area (TPSA) is 73.1 Å². The van der Waals surface area contributed by atoms with Crippen molar-refractivity contribution < 1.29 is 9.90 Å². The molecule has 4 nitrogen and oxygen atoms in total. The van der Waals surface area contributed by atoms with Gasteiger partial charge in [0.2, 0.25) is 0 Å². The van der Waals surface area contributed by atoms with Crippen LogP contribution < -0.4 is 5.32 Å². The Kier molecular flexibility index (Phi) is 5.34. The van der Waals surface area contributed by atoms with Crippen molar-refractivity contribution >= 4 is 5.91 Å². The van der Waals surface area contributed by atoms with Gasteiger partial charge in [-0.3, -0.25) is 4.79 Å². The highest BCUT2D eigenvalue weighted by Crippen LogP contribution is 2.10. The molecule has 0 aliphatic heterocycles. The largest absolute Gasteiger partial charge is 0.396 e. The SMILES string of the molecule is CC(C)C(CCO)NC(=O)c1ccccc1C#N. The minimum Gasteiger partial charge on any atom is -0.396 e. The van der Waals surface area contributed by atoms with Gasteiger partial charge in [-0.05, 0) is 24.5 Å². The van der Waals surface area contributed by atoms with Gasteiger partial charge in [0.05, 0.1) is 17.2 Å². The number of benzene rings is 1. The van der Waals surface area contributed by atoms with Gasteiger partial charge in [-0.15, -0.1) is 0 Å². The van der Waals surface area contributed by atoms with E-state index in [-0.39, 0.29) is 24.5 Å². The predicted octanol–water partition coefficient (Wildman–Crippen LogP) is 1.70. The lowest BCUT2D eigenvalue weighted by Crippen LogP contribution is -2.39. The van der Waals surface area contributed by atoms with Crippen LogP contribution in [0.2, 0.25) is 0 Å². The van der Waals surface area contributed by atoms with Crippen LogP contribution in [0, 0.1) is 17.2 Å². The maximum absolute atomic E-state index is 12.1. The quantitative estimate of drug-likeness (QED) is 0.830. The van der Waals surface area contributed by atoms with E-state index in [1.165, 1.54) is 0 Å². The summed E-state index contributed by atoms with van der Waals surface area (Å²) >= 11 is 0. The molecular weight excluding hydrogens is 228 g/mol. The van der Waals surface area contributed by atoms with Crippen molar-refractivity contribution in [2.45, 2.75) is 26.3 Å². The lowest BCUT2D eigenvalue weighted by Gasteiger charge is -2.21. The van der Waals surface area contributed by atoms with E-state index < -0.39 is 0 Å². The van der Waals surface area contributed by atoms with E-state index in [0.29, 0.717) is 17.5 Å². The number of aliphatic hydroxyl groups is 1. The first-order valence-corrected chi connectivity index (χ1v) is 6.01. The van der Waals surface area contributed by atoms with Crippen molar-refractivity contribution in [2.24, 2.45) is 5.92 Å². The maximum atomic E-state index is 12.1. The number of amides is 1. The Hall–Kier alpha value is -1.86. The summed E-state index contributed by atoms with van der Waals surface area (Å²) in [7, 11) is 0. The van der Waals surface area contributed by atoms with Gasteiger partial charge in [-0.1, -0.05) is 26.0 Å². The second-order valence-corrected chi connectivity index (χ2v) is 4.49. The Morgan fingerprint density at radius 1 is 1.44 bits per heavy atom. The van der Waals surface area contributed by atoms with Crippen molar-refractivity contribution in [2.75, 3.05) is 6.61 Å². The third-order valence-electron chi connectivity index (χ3n) is 2.85. The predicted molar refractivity (Wildman–Crippen MR) is 69.0 cm³/mol. The van der Waals surface area contributed by atoms with Gasteiger partial charge < -0.3 is 10.4 Å². The molecule has 1 aromatic rings. The van der Waals surface area contributed by atoms with Gasteiger partial charge in [0.25, 0.3) is 5.91 Å². The third kappa shape index (κ3) is 3.57. The summed E-state index contributed by atoms with van der Waals surface area (Å²) in [6, 6.07) is 8.61. The van der Waals surface area contributed by atoms with Crippen LogP contribution in [0.3, 0.4) is 0 Å². The highest BCUT2D eigenvalue weighted by atomic mass is 16.3. The average molecular weight is 246 g/mol. The molecule has 0 saturated heterocycles. The molecule has 4 heteroatoms. The molecule has 0 spiro atoms. The van der Waals surface area contributed by atoms with Gasteiger partial charge in [-0.25, -0.2) is 0 Å². The highest BCUT2D eigenvalue weighted by Gasteiger charge is 2.18. The van der Waals surface area contributed by atoms with E-state index in [9.17, 15) is 4.79 Å². The number of nitrogens with zero attached hydrogens (tertiary/aromatic N) is 1. The van der Waals surface area contributed by atoms with Crippen LogP contribution in [-0.4, -0.2) is 23.7 Å². The van der Waals surface area contributed by atoms with E-state index in [2.05, 4.69) is 5.32 Å². The molecule has 1 amide bonds. The minimum absolute atomic E-state index is 0.0308. The fourth-order valence-electron chi connectivity index (χ4n) is 1.74. The minimum atomic E-state index is -0.265. The van der Waals surface area contributed by atoms with Crippen LogP contribution in [0.4, 0.5) is 0 Å². The summed E-state index contributed by atoms with van der Waals surface area (Å²) in [4.78, 5) is 12.1. The molecule has 1 atom stereocenters. The van der Waals surface area contributed by atoms with Gasteiger partial charge in [0.1, 0.15) is 0 Å². The molecule has 96 valence electrons. The Morgan fingerprint density at radius 3 is 2.67 bits per heavy atom. The molecule has 0 bridgehead atoms. The Bertz CT molecular complexity index is 449. The molecule has 0 radical (unpaired) electrons. The second-order valence-electron chi connectivity index (χ2n) is 4.49. The Balaban J connectivity index is 2.84. The Labute approximate surface area is 107 Å². The molecule has 2 N–H and O–H groups in total. The zero-order valence-electron chi connectivity index (χ0n) is 10.7. The molecule has 1 rings (SSSR count). The molecule has 0 aliphatic carbocycles. The lowest BCUT2D eigenvalue weighted by molar-refractivity contribution is 0.0916. The van der Waals surface area contributed by atoms with Crippen molar-refractivity contribution in [1.82, 2.24) is 5.32 Å². The molecule has 0 saturated carbocycles. The number of rotatable bonds is 5. The molecule has 1 aromatic carbocycles. The first-order valence-electron chi connectivity index (χ1n) is 6.01. The van der Waals surface area contributed by atoms with Crippen LogP contribution in [0.1, 0.15) is 36.2 Å². The third-order valence-corrected chi connectivity index (χ3v) is 2.85. The van der Waals surface area contributed by atoms with Crippen LogP contribution in [-0.2, 0) is 0 Å².